The number of aliphatic hydroxyl groups excluding tert-OH is 2. The second-order valence-corrected chi connectivity index (χ2v) is 23.1. The molecule has 6 atom stereocenters. The molecule has 0 aromatic rings. The standard InChI is InChI=1S/C67H122O12/c1-4-7-10-13-16-19-22-25-27-29-30-32-34-37-40-43-46-49-52-55-61(70)78-65-63(72)62(71)64(66(73)74)79-67(65)76-57-58(77-60(69)54-51-48-45-42-39-35-24-21-18-15-12-9-6-3)56-75-59(68)53-50-47-44-41-38-36-33-31-28-26-23-20-17-14-11-8-5-2/h17,20,26,28,58,62-65,67,71-72H,4-16,18-19,21-25,27,29-57H2,1-3H3,(H,73,74)/b20-17-,28-26-. The van der Waals surface area contributed by atoms with Gasteiger partial charge in [0.2, 0.25) is 0 Å². The third kappa shape index (κ3) is 45.4. The van der Waals surface area contributed by atoms with Crippen molar-refractivity contribution >= 4 is 23.9 Å². The van der Waals surface area contributed by atoms with E-state index in [0.29, 0.717) is 19.3 Å². The fraction of sp³-hybridized carbons (Fsp3) is 0.881. The molecule has 0 saturated carbocycles. The average Bonchev–Trinajstić information content (AvgIpc) is 3.47. The lowest BCUT2D eigenvalue weighted by atomic mass is 9.98. The fourth-order valence-electron chi connectivity index (χ4n) is 10.4. The minimum absolute atomic E-state index is 0.0677. The van der Waals surface area contributed by atoms with Crippen molar-refractivity contribution in [3.05, 3.63) is 24.3 Å². The number of hydrogen-bond acceptors (Lipinski definition) is 11. The van der Waals surface area contributed by atoms with E-state index in [-0.39, 0.29) is 25.9 Å². The van der Waals surface area contributed by atoms with Crippen molar-refractivity contribution in [1.29, 1.82) is 0 Å². The van der Waals surface area contributed by atoms with E-state index in [2.05, 4.69) is 45.1 Å². The number of unbranched alkanes of at least 4 members (excludes halogenated alkanes) is 40. The Kier molecular flexibility index (Phi) is 52.3. The molecule has 0 aromatic carbocycles. The fourth-order valence-corrected chi connectivity index (χ4v) is 10.4. The van der Waals surface area contributed by atoms with Gasteiger partial charge in [-0.1, -0.05) is 283 Å². The van der Waals surface area contributed by atoms with Crippen LogP contribution in [-0.4, -0.2) is 89.2 Å². The highest BCUT2D eigenvalue weighted by molar-refractivity contribution is 5.74. The average molecular weight is 1120 g/mol. The molecule has 0 amide bonds. The zero-order valence-corrected chi connectivity index (χ0v) is 51.1. The van der Waals surface area contributed by atoms with E-state index < -0.39 is 67.3 Å². The molecule has 3 N–H and O–H groups in total. The van der Waals surface area contributed by atoms with Gasteiger partial charge in [-0.2, -0.15) is 0 Å². The number of ether oxygens (including phenoxy) is 5. The lowest BCUT2D eigenvalue weighted by Gasteiger charge is -2.40. The lowest BCUT2D eigenvalue weighted by molar-refractivity contribution is -0.301. The largest absolute Gasteiger partial charge is 0.479 e. The summed E-state index contributed by atoms with van der Waals surface area (Å²) in [4.78, 5) is 51.3. The Morgan fingerprint density at radius 2 is 0.759 bits per heavy atom. The Hall–Kier alpha value is -2.80. The van der Waals surface area contributed by atoms with Gasteiger partial charge in [-0.05, 0) is 51.4 Å². The van der Waals surface area contributed by atoms with Gasteiger partial charge in [-0.3, -0.25) is 14.4 Å². The summed E-state index contributed by atoms with van der Waals surface area (Å²) in [6.45, 7) is 6.02. The van der Waals surface area contributed by atoms with Gasteiger partial charge in [0.25, 0.3) is 0 Å². The van der Waals surface area contributed by atoms with Crippen LogP contribution in [0.15, 0.2) is 24.3 Å². The van der Waals surface area contributed by atoms with Crippen LogP contribution in [-0.2, 0) is 42.9 Å². The first-order valence-corrected chi connectivity index (χ1v) is 33.3. The number of carbonyl (C=O) groups excluding carboxylic acids is 3. The van der Waals surface area contributed by atoms with Gasteiger partial charge >= 0.3 is 23.9 Å². The predicted octanol–water partition coefficient (Wildman–Crippen LogP) is 17.8. The van der Waals surface area contributed by atoms with Crippen molar-refractivity contribution in [2.45, 2.75) is 366 Å². The van der Waals surface area contributed by atoms with Crippen LogP contribution in [0, 0.1) is 0 Å². The van der Waals surface area contributed by atoms with Gasteiger partial charge in [0.15, 0.2) is 24.6 Å². The molecule has 1 fully saturated rings. The minimum atomic E-state index is -1.90. The molecule has 0 spiro atoms. The number of aliphatic carboxylic acids is 1. The molecule has 1 aliphatic rings. The van der Waals surface area contributed by atoms with Crippen molar-refractivity contribution in [1.82, 2.24) is 0 Å². The van der Waals surface area contributed by atoms with Crippen LogP contribution in [0.25, 0.3) is 0 Å². The summed E-state index contributed by atoms with van der Waals surface area (Å²) in [7, 11) is 0. The number of esters is 3. The molecule has 0 aromatic heterocycles. The highest BCUT2D eigenvalue weighted by atomic mass is 16.7. The van der Waals surface area contributed by atoms with E-state index in [4.69, 9.17) is 23.7 Å². The molecule has 6 unspecified atom stereocenters. The summed E-state index contributed by atoms with van der Waals surface area (Å²) < 4.78 is 28.6. The van der Waals surface area contributed by atoms with Crippen LogP contribution < -0.4 is 0 Å². The van der Waals surface area contributed by atoms with Gasteiger partial charge in [-0.15, -0.1) is 0 Å². The number of aliphatic hydroxyl groups is 2. The zero-order valence-electron chi connectivity index (χ0n) is 51.1. The molecule has 1 rings (SSSR count). The van der Waals surface area contributed by atoms with E-state index in [9.17, 15) is 34.5 Å². The minimum Gasteiger partial charge on any atom is -0.479 e. The van der Waals surface area contributed by atoms with Crippen LogP contribution >= 0.6 is 0 Å². The number of allylic oxidation sites excluding steroid dienone is 4. The Morgan fingerprint density at radius 3 is 1.16 bits per heavy atom. The molecule has 0 bridgehead atoms. The highest BCUT2D eigenvalue weighted by Gasteiger charge is 2.50. The van der Waals surface area contributed by atoms with Crippen molar-refractivity contribution in [2.24, 2.45) is 0 Å². The molecule has 12 heteroatoms. The Morgan fingerprint density at radius 1 is 0.418 bits per heavy atom. The molecule has 1 heterocycles. The maximum Gasteiger partial charge on any atom is 0.335 e. The van der Waals surface area contributed by atoms with Crippen LogP contribution in [0.3, 0.4) is 0 Å². The molecular weight excluding hydrogens is 997 g/mol. The Labute approximate surface area is 483 Å². The van der Waals surface area contributed by atoms with E-state index in [1.54, 1.807) is 0 Å². The summed E-state index contributed by atoms with van der Waals surface area (Å²) in [5.41, 5.74) is 0. The monoisotopic (exact) mass is 1120 g/mol. The molecule has 1 aliphatic heterocycles. The predicted molar refractivity (Wildman–Crippen MR) is 322 cm³/mol. The molecular formula is C67H122O12. The molecule has 12 nitrogen and oxygen atoms in total. The summed E-state index contributed by atoms with van der Waals surface area (Å²) in [6.07, 6.45) is 52.8. The Balaban J connectivity index is 2.61. The van der Waals surface area contributed by atoms with Gasteiger partial charge in [0.1, 0.15) is 18.8 Å². The third-order valence-electron chi connectivity index (χ3n) is 15.5. The molecule has 0 aliphatic carbocycles. The maximum atomic E-state index is 13.2. The normalized spacial score (nSPS) is 17.9. The maximum absolute atomic E-state index is 13.2. The number of carboxylic acid groups (broad SMARTS) is 1. The molecule has 0 radical (unpaired) electrons. The smallest absolute Gasteiger partial charge is 0.335 e. The van der Waals surface area contributed by atoms with Crippen LogP contribution in [0.1, 0.15) is 329 Å². The van der Waals surface area contributed by atoms with Gasteiger partial charge in [-0.25, -0.2) is 4.79 Å². The summed E-state index contributed by atoms with van der Waals surface area (Å²) in [6, 6.07) is 0. The first-order valence-electron chi connectivity index (χ1n) is 33.3. The third-order valence-corrected chi connectivity index (χ3v) is 15.5. The molecule has 79 heavy (non-hydrogen) atoms. The number of carboxylic acids is 1. The van der Waals surface area contributed by atoms with Crippen molar-refractivity contribution in [3.8, 4) is 0 Å². The van der Waals surface area contributed by atoms with E-state index >= 15 is 0 Å². The molecule has 1 saturated heterocycles. The second kappa shape index (κ2) is 55.7. The van der Waals surface area contributed by atoms with Crippen LogP contribution in [0.5, 0.6) is 0 Å². The van der Waals surface area contributed by atoms with E-state index in [1.807, 2.05) is 0 Å². The van der Waals surface area contributed by atoms with Crippen LogP contribution in [0.4, 0.5) is 0 Å². The Bertz CT molecular complexity index is 1470. The van der Waals surface area contributed by atoms with Crippen LogP contribution in [0.2, 0.25) is 0 Å². The number of hydrogen-bond donors (Lipinski definition) is 3. The molecule has 462 valence electrons. The lowest BCUT2D eigenvalue weighted by Crippen LogP contribution is -2.61. The quantitative estimate of drug-likeness (QED) is 0.0228. The van der Waals surface area contributed by atoms with E-state index in [1.165, 1.54) is 193 Å². The van der Waals surface area contributed by atoms with Gasteiger partial charge in [0, 0.05) is 19.3 Å². The summed E-state index contributed by atoms with van der Waals surface area (Å²) in [5.74, 6) is -3.09. The second-order valence-electron chi connectivity index (χ2n) is 23.1. The summed E-state index contributed by atoms with van der Waals surface area (Å²) in [5, 5.41) is 31.6. The van der Waals surface area contributed by atoms with Gasteiger partial charge < -0.3 is 39.0 Å². The zero-order chi connectivity index (χ0) is 57.5. The summed E-state index contributed by atoms with van der Waals surface area (Å²) >= 11 is 0. The first-order chi connectivity index (χ1) is 38.6. The van der Waals surface area contributed by atoms with Crippen molar-refractivity contribution in [3.63, 3.8) is 0 Å². The highest BCUT2D eigenvalue weighted by Crippen LogP contribution is 2.27. The van der Waals surface area contributed by atoms with Crippen molar-refractivity contribution in [2.75, 3.05) is 13.2 Å². The van der Waals surface area contributed by atoms with E-state index in [0.717, 1.165) is 77.0 Å². The topological polar surface area (TPSA) is 175 Å². The van der Waals surface area contributed by atoms with Crippen molar-refractivity contribution < 1.29 is 58.2 Å². The number of carbonyl (C=O) groups is 4. The number of rotatable bonds is 58. The van der Waals surface area contributed by atoms with Gasteiger partial charge in [0.05, 0.1) is 6.61 Å². The first kappa shape index (κ1) is 74.2. The SMILES string of the molecule is CCCCC/C=C\C/C=C\CCCCCCCCCC(=O)OCC(COC1OC(C(=O)O)C(O)C(O)C1OC(=O)CCCCCCCCCCCCCCCCCCCCC)OC(=O)CCCCCCCCCCCCCCC.